The van der Waals surface area contributed by atoms with Gasteiger partial charge < -0.3 is 25.2 Å². The van der Waals surface area contributed by atoms with Crippen LogP contribution >= 0.6 is 0 Å². The van der Waals surface area contributed by atoms with E-state index in [0.29, 0.717) is 6.42 Å². The van der Waals surface area contributed by atoms with Crippen LogP contribution in [0.5, 0.6) is 0 Å². The lowest BCUT2D eigenvalue weighted by atomic mass is 10.0. The maximum atomic E-state index is 9.81. The molecule has 0 heterocycles. The molecule has 0 aromatic rings. The molecular weight excluding hydrogens is 248 g/mol. The molecular formula is C14H30O5. The molecule has 0 amide bonds. The minimum absolute atomic E-state index is 0.100. The third-order valence-corrected chi connectivity index (χ3v) is 3.19. The predicted molar refractivity (Wildman–Crippen MR) is 73.9 cm³/mol. The quantitative estimate of drug-likeness (QED) is 0.353. The lowest BCUT2D eigenvalue weighted by Gasteiger charge is -2.21. The summed E-state index contributed by atoms with van der Waals surface area (Å²) in [6, 6.07) is 0. The largest absolute Gasteiger partial charge is 0.396 e. The van der Waals surface area contributed by atoms with Gasteiger partial charge in [-0.1, -0.05) is 38.5 Å². The fraction of sp³-hybridized carbons (Fsp3) is 1.00. The number of hydrogen-bond donors (Lipinski definition) is 4. The van der Waals surface area contributed by atoms with Crippen molar-refractivity contribution in [1.29, 1.82) is 0 Å². The summed E-state index contributed by atoms with van der Waals surface area (Å²) in [7, 11) is 0. The third-order valence-electron chi connectivity index (χ3n) is 3.19. The molecule has 0 saturated carbocycles. The third kappa shape index (κ3) is 11.3. The molecule has 2 unspecified atom stereocenters. The van der Waals surface area contributed by atoms with Crippen molar-refractivity contribution >= 4 is 0 Å². The van der Waals surface area contributed by atoms with Gasteiger partial charge in [-0.2, -0.15) is 0 Å². The van der Waals surface area contributed by atoms with E-state index in [9.17, 15) is 5.11 Å². The maximum absolute atomic E-state index is 9.81. The molecule has 0 bridgehead atoms. The molecule has 19 heavy (non-hydrogen) atoms. The average Bonchev–Trinajstić information content (AvgIpc) is 2.42. The minimum atomic E-state index is -0.661. The summed E-state index contributed by atoms with van der Waals surface area (Å²) in [4.78, 5) is 0. The topological polar surface area (TPSA) is 90.2 Å². The Morgan fingerprint density at radius 3 is 1.84 bits per heavy atom. The Morgan fingerprint density at radius 1 is 0.737 bits per heavy atom. The number of ether oxygens (including phenoxy) is 1. The molecule has 116 valence electrons. The zero-order chi connectivity index (χ0) is 14.3. The van der Waals surface area contributed by atoms with Crippen LogP contribution in [-0.4, -0.2) is 59.1 Å². The normalized spacial score (nSPS) is 14.5. The van der Waals surface area contributed by atoms with Gasteiger partial charge in [0.25, 0.3) is 0 Å². The molecule has 0 aliphatic heterocycles. The molecule has 0 rings (SSSR count). The molecule has 0 aliphatic carbocycles. The van der Waals surface area contributed by atoms with Gasteiger partial charge in [0.05, 0.1) is 25.9 Å². The van der Waals surface area contributed by atoms with Crippen molar-refractivity contribution in [3.63, 3.8) is 0 Å². The van der Waals surface area contributed by atoms with Crippen molar-refractivity contribution in [2.24, 2.45) is 0 Å². The van der Waals surface area contributed by atoms with Crippen molar-refractivity contribution in [1.82, 2.24) is 0 Å². The fourth-order valence-corrected chi connectivity index (χ4v) is 2.02. The summed E-state index contributed by atoms with van der Waals surface area (Å²) in [5.74, 6) is 0. The highest BCUT2D eigenvalue weighted by atomic mass is 16.5. The number of hydrogen-bond acceptors (Lipinski definition) is 5. The Hall–Kier alpha value is -0.200. The number of aliphatic hydroxyl groups is 4. The Morgan fingerprint density at radius 2 is 1.32 bits per heavy atom. The first-order chi connectivity index (χ1) is 9.26. The monoisotopic (exact) mass is 278 g/mol. The van der Waals surface area contributed by atoms with Gasteiger partial charge in [0.1, 0.15) is 6.10 Å². The molecule has 0 fully saturated rings. The SMILES string of the molecule is OCCCCCCCCCC(O)C(CO)OCCO. The second-order valence-corrected chi connectivity index (χ2v) is 4.87. The second-order valence-electron chi connectivity index (χ2n) is 4.87. The Kier molecular flexibility index (Phi) is 14.1. The van der Waals surface area contributed by atoms with Crippen LogP contribution in [0.4, 0.5) is 0 Å². The van der Waals surface area contributed by atoms with Crippen LogP contribution in [-0.2, 0) is 4.74 Å². The number of rotatable bonds is 14. The van der Waals surface area contributed by atoms with E-state index in [4.69, 9.17) is 20.1 Å². The van der Waals surface area contributed by atoms with E-state index in [0.717, 1.165) is 38.5 Å². The molecule has 0 aromatic carbocycles. The van der Waals surface area contributed by atoms with E-state index in [1.54, 1.807) is 0 Å². The molecule has 5 nitrogen and oxygen atoms in total. The maximum Gasteiger partial charge on any atom is 0.106 e. The van der Waals surface area contributed by atoms with Gasteiger partial charge in [-0.3, -0.25) is 0 Å². The second kappa shape index (κ2) is 14.2. The molecule has 0 aromatic heterocycles. The van der Waals surface area contributed by atoms with Crippen molar-refractivity contribution in [2.75, 3.05) is 26.4 Å². The lowest BCUT2D eigenvalue weighted by Crippen LogP contribution is -2.33. The van der Waals surface area contributed by atoms with Crippen LogP contribution in [0.3, 0.4) is 0 Å². The zero-order valence-corrected chi connectivity index (χ0v) is 11.8. The summed E-state index contributed by atoms with van der Waals surface area (Å²) >= 11 is 0. The van der Waals surface area contributed by atoms with Crippen LogP contribution in [0.25, 0.3) is 0 Å². The van der Waals surface area contributed by atoms with Gasteiger partial charge in [-0.15, -0.1) is 0 Å². The fourth-order valence-electron chi connectivity index (χ4n) is 2.02. The van der Waals surface area contributed by atoms with E-state index in [1.165, 1.54) is 6.42 Å². The summed E-state index contributed by atoms with van der Waals surface area (Å²) in [6.07, 6.45) is 6.78. The molecule has 0 saturated heterocycles. The summed E-state index contributed by atoms with van der Waals surface area (Å²) < 4.78 is 5.15. The van der Waals surface area contributed by atoms with Crippen LogP contribution < -0.4 is 0 Å². The van der Waals surface area contributed by atoms with Crippen LogP contribution in [0.15, 0.2) is 0 Å². The predicted octanol–water partition coefficient (Wildman–Crippen LogP) is 0.830. The van der Waals surface area contributed by atoms with Gasteiger partial charge in [-0.25, -0.2) is 0 Å². The number of unbranched alkanes of at least 4 members (excludes halogenated alkanes) is 6. The highest BCUT2D eigenvalue weighted by molar-refractivity contribution is 4.68. The molecule has 5 heteroatoms. The summed E-state index contributed by atoms with van der Waals surface area (Å²) in [5.41, 5.74) is 0. The van der Waals surface area contributed by atoms with Crippen molar-refractivity contribution in [2.45, 2.75) is 63.6 Å². The first-order valence-corrected chi connectivity index (χ1v) is 7.38. The Balaban J connectivity index is 3.42. The van der Waals surface area contributed by atoms with Crippen molar-refractivity contribution in [3.05, 3.63) is 0 Å². The van der Waals surface area contributed by atoms with E-state index < -0.39 is 12.2 Å². The Labute approximate surface area is 116 Å². The van der Waals surface area contributed by atoms with Gasteiger partial charge in [-0.05, 0) is 12.8 Å². The molecule has 0 aliphatic rings. The molecule has 0 radical (unpaired) electrons. The smallest absolute Gasteiger partial charge is 0.106 e. The highest BCUT2D eigenvalue weighted by Gasteiger charge is 2.18. The Bertz CT molecular complexity index is 177. The zero-order valence-electron chi connectivity index (χ0n) is 11.8. The lowest BCUT2D eigenvalue weighted by molar-refractivity contribution is -0.0737. The summed E-state index contributed by atoms with van der Waals surface area (Å²) in [6.45, 7) is 0.106. The van der Waals surface area contributed by atoms with E-state index >= 15 is 0 Å². The summed E-state index contributed by atoms with van der Waals surface area (Å²) in [5, 5.41) is 36.1. The first kappa shape index (κ1) is 18.8. The first-order valence-electron chi connectivity index (χ1n) is 7.38. The van der Waals surface area contributed by atoms with Crippen LogP contribution in [0.2, 0.25) is 0 Å². The van der Waals surface area contributed by atoms with E-state index in [1.807, 2.05) is 0 Å². The van der Waals surface area contributed by atoms with E-state index in [2.05, 4.69) is 0 Å². The van der Waals surface area contributed by atoms with Crippen molar-refractivity contribution < 1.29 is 25.2 Å². The number of aliphatic hydroxyl groups excluding tert-OH is 4. The highest BCUT2D eigenvalue weighted by Crippen LogP contribution is 2.12. The standard InChI is InChI=1S/C14H30O5/c15-9-7-5-3-1-2-4-6-8-13(18)14(12-17)19-11-10-16/h13-18H,1-12H2. The molecule has 2 atom stereocenters. The van der Waals surface area contributed by atoms with E-state index in [-0.39, 0.29) is 26.4 Å². The van der Waals surface area contributed by atoms with Gasteiger partial charge in [0.15, 0.2) is 0 Å². The molecule has 0 spiro atoms. The average molecular weight is 278 g/mol. The van der Waals surface area contributed by atoms with Crippen LogP contribution in [0, 0.1) is 0 Å². The minimum Gasteiger partial charge on any atom is -0.396 e. The van der Waals surface area contributed by atoms with Gasteiger partial charge in [0.2, 0.25) is 0 Å². The molecule has 4 N–H and O–H groups in total. The van der Waals surface area contributed by atoms with Gasteiger partial charge in [0, 0.05) is 6.61 Å². The van der Waals surface area contributed by atoms with Gasteiger partial charge >= 0.3 is 0 Å². The van der Waals surface area contributed by atoms with Crippen LogP contribution in [0.1, 0.15) is 51.4 Å². The van der Waals surface area contributed by atoms with Crippen molar-refractivity contribution in [3.8, 4) is 0 Å².